The van der Waals surface area contributed by atoms with Crippen LogP contribution in [0.2, 0.25) is 0 Å². The van der Waals surface area contributed by atoms with E-state index < -0.39 is 31.5 Å². The van der Waals surface area contributed by atoms with Crippen molar-refractivity contribution in [3.63, 3.8) is 0 Å². The zero-order chi connectivity index (χ0) is 35.4. The molecular weight excluding hydrogens is 650 g/mol. The molecule has 10 atom stereocenters. The van der Waals surface area contributed by atoms with Gasteiger partial charge >= 0.3 is 19.3 Å². The van der Waals surface area contributed by atoms with Crippen LogP contribution in [0.3, 0.4) is 0 Å². The Balaban J connectivity index is 1.03. The van der Waals surface area contributed by atoms with E-state index in [-0.39, 0.29) is 59.4 Å². The summed E-state index contributed by atoms with van der Waals surface area (Å²) in [5, 5.41) is 15.6. The van der Waals surface area contributed by atoms with Gasteiger partial charge in [-0.3, -0.25) is 4.57 Å². The molecule has 49 heavy (non-hydrogen) atoms. The summed E-state index contributed by atoms with van der Waals surface area (Å²) in [5.41, 5.74) is -0.316. The van der Waals surface area contributed by atoms with Gasteiger partial charge in [0.05, 0.1) is 36.9 Å². The predicted octanol–water partition coefficient (Wildman–Crippen LogP) is 7.39. The third kappa shape index (κ3) is 7.05. The fourth-order valence-electron chi connectivity index (χ4n) is 10.9. The molecule has 10 nitrogen and oxygen atoms in total. The molecule has 2 unspecified atom stereocenters. The number of nitrogens with zero attached hydrogens (tertiary/aromatic N) is 1. The maximum atomic E-state index is 15.3. The third-order valence-corrected chi connectivity index (χ3v) is 15.3. The molecule has 0 bridgehead atoms. The summed E-state index contributed by atoms with van der Waals surface area (Å²) in [6, 6.07) is 2.80. The summed E-state index contributed by atoms with van der Waals surface area (Å²) in [4.78, 5) is 26.4. The molecule has 2 N–H and O–H groups in total. The van der Waals surface area contributed by atoms with Crippen LogP contribution in [0.5, 0.6) is 0 Å². The molecule has 1 saturated heterocycles. The van der Waals surface area contributed by atoms with E-state index in [4.69, 9.17) is 18.2 Å². The molecule has 12 heteroatoms. The second-order valence-corrected chi connectivity index (χ2v) is 18.7. The van der Waals surface area contributed by atoms with Crippen molar-refractivity contribution in [1.82, 2.24) is 10.2 Å². The Morgan fingerprint density at radius 1 is 1.04 bits per heavy atom. The Morgan fingerprint density at radius 2 is 1.78 bits per heavy atom. The number of carbonyl (C=O) groups excluding carboxylic acids is 1. The summed E-state index contributed by atoms with van der Waals surface area (Å²) < 4.78 is 51.0. The standard InChI is InChI=1S/C37H58FN2O8P/c1-23(2)47-49(44,48-24(3)4)22-39-32-14-18-40(20-31(32)38)34(42)46-27-11-15-35(5)26(19-27)8-9-30-29(35)12-16-36(6)28(13-17-37(30,36)43)25-7-10-33(41)45-21-25/h7,10,21,23-24,26-32,39,43H,8-9,11-20,22H2,1-6H3/t26-,27+,28-,29+,30-,31?,32?,35+,36-,37+/m1/s1. The molecule has 1 aromatic heterocycles. The number of amides is 1. The average Bonchev–Trinajstić information content (AvgIpc) is 3.31. The molecule has 4 saturated carbocycles. The molecule has 1 aromatic rings. The highest BCUT2D eigenvalue weighted by molar-refractivity contribution is 7.53. The van der Waals surface area contributed by atoms with Crippen LogP contribution in [-0.4, -0.2) is 71.6 Å². The molecule has 0 spiro atoms. The zero-order valence-corrected chi connectivity index (χ0v) is 31.1. The van der Waals surface area contributed by atoms with E-state index in [9.17, 15) is 19.3 Å². The maximum Gasteiger partial charge on any atom is 0.410 e. The molecular formula is C37H58FN2O8P. The van der Waals surface area contributed by atoms with Crippen molar-refractivity contribution < 1.29 is 37.1 Å². The second-order valence-electron chi connectivity index (χ2n) is 16.8. The summed E-state index contributed by atoms with van der Waals surface area (Å²) in [6.45, 7) is 12.1. The van der Waals surface area contributed by atoms with E-state index in [1.54, 1.807) is 34.0 Å². The van der Waals surface area contributed by atoms with E-state index in [0.29, 0.717) is 24.8 Å². The fraction of sp³-hybridized carbons (Fsp3) is 0.838. The van der Waals surface area contributed by atoms with Crippen molar-refractivity contribution >= 4 is 13.7 Å². The van der Waals surface area contributed by atoms with Gasteiger partial charge in [-0.2, -0.15) is 0 Å². The number of likely N-dealkylation sites (tertiary alicyclic amines) is 1. The summed E-state index contributed by atoms with van der Waals surface area (Å²) in [7, 11) is -3.45. The minimum atomic E-state index is -3.45. The lowest BCUT2D eigenvalue weighted by Gasteiger charge is -2.63. The van der Waals surface area contributed by atoms with Crippen LogP contribution in [0, 0.1) is 28.6 Å². The topological polar surface area (TPSA) is 128 Å². The number of hydrogen-bond donors (Lipinski definition) is 2. The van der Waals surface area contributed by atoms with Crippen LogP contribution in [0.4, 0.5) is 9.18 Å². The predicted molar refractivity (Wildman–Crippen MR) is 184 cm³/mol. The van der Waals surface area contributed by atoms with Crippen molar-refractivity contribution in [2.45, 2.75) is 148 Å². The van der Waals surface area contributed by atoms with Crippen LogP contribution in [0.1, 0.15) is 117 Å². The first-order chi connectivity index (χ1) is 23.1. The average molecular weight is 709 g/mol. The number of hydrogen-bond acceptors (Lipinski definition) is 9. The van der Waals surface area contributed by atoms with Crippen molar-refractivity contribution in [2.24, 2.45) is 28.6 Å². The van der Waals surface area contributed by atoms with E-state index >= 15 is 4.39 Å². The monoisotopic (exact) mass is 708 g/mol. The molecule has 276 valence electrons. The fourth-order valence-corrected chi connectivity index (χ4v) is 12.8. The summed E-state index contributed by atoms with van der Waals surface area (Å²) in [5.74, 6) is 1.17. The normalized spacial score (nSPS) is 39.4. The molecule has 0 aromatic carbocycles. The summed E-state index contributed by atoms with van der Waals surface area (Å²) in [6.07, 6.45) is 7.34. The molecule has 5 fully saturated rings. The van der Waals surface area contributed by atoms with Gasteiger partial charge in [0.25, 0.3) is 0 Å². The number of fused-ring (bicyclic) bond motifs is 5. The molecule has 2 heterocycles. The van der Waals surface area contributed by atoms with Gasteiger partial charge in [0.2, 0.25) is 0 Å². The lowest BCUT2D eigenvalue weighted by Crippen LogP contribution is -2.62. The number of piperidine rings is 1. The van der Waals surface area contributed by atoms with Crippen molar-refractivity contribution in [1.29, 1.82) is 0 Å². The lowest BCUT2D eigenvalue weighted by atomic mass is 9.43. The SMILES string of the molecule is CC(C)OP(=O)(CNC1CCN(C(=O)O[C@H]2CC[C@@]3(C)[C@H](CC[C@@H]4[C@@H]3CC[C@]3(C)[C@@H](c5ccc(=O)oc5)CC[C@]43O)C2)CC1F)OC(C)C. The quantitative estimate of drug-likeness (QED) is 0.253. The number of carbonyl (C=O) groups is 1. The van der Waals surface area contributed by atoms with Gasteiger partial charge in [-0.1, -0.05) is 13.8 Å². The molecule has 6 rings (SSSR count). The lowest BCUT2D eigenvalue weighted by molar-refractivity contribution is -0.205. The van der Waals surface area contributed by atoms with Crippen LogP contribution in [0.15, 0.2) is 27.6 Å². The maximum absolute atomic E-state index is 15.3. The Kier molecular flexibility index (Phi) is 10.6. The molecule has 5 aliphatic rings. The van der Waals surface area contributed by atoms with Gasteiger partial charge in [-0.25, -0.2) is 14.0 Å². The van der Waals surface area contributed by atoms with Gasteiger partial charge in [-0.05, 0) is 133 Å². The second kappa shape index (κ2) is 14.0. The van der Waals surface area contributed by atoms with Gasteiger partial charge in [0, 0.05) is 24.1 Å². The first-order valence-electron chi connectivity index (χ1n) is 18.7. The van der Waals surface area contributed by atoms with Gasteiger partial charge in [-0.15, -0.1) is 0 Å². The molecule has 1 amide bonds. The van der Waals surface area contributed by atoms with Crippen LogP contribution in [0.25, 0.3) is 0 Å². The first-order valence-corrected chi connectivity index (χ1v) is 20.4. The first kappa shape index (κ1) is 37.0. The Morgan fingerprint density at radius 3 is 2.43 bits per heavy atom. The minimum Gasteiger partial charge on any atom is -0.446 e. The highest BCUT2D eigenvalue weighted by atomic mass is 31.2. The van der Waals surface area contributed by atoms with Crippen molar-refractivity contribution in [3.05, 3.63) is 34.4 Å². The van der Waals surface area contributed by atoms with E-state index in [1.807, 2.05) is 6.07 Å². The number of rotatable bonds is 9. The number of alkyl halides is 1. The summed E-state index contributed by atoms with van der Waals surface area (Å²) >= 11 is 0. The molecule has 4 aliphatic carbocycles. The van der Waals surface area contributed by atoms with E-state index in [0.717, 1.165) is 63.4 Å². The van der Waals surface area contributed by atoms with Crippen molar-refractivity contribution in [3.8, 4) is 0 Å². The minimum absolute atomic E-state index is 0.0621. The van der Waals surface area contributed by atoms with E-state index in [1.165, 1.54) is 11.0 Å². The van der Waals surface area contributed by atoms with Crippen LogP contribution < -0.4 is 10.9 Å². The number of aliphatic hydroxyl groups is 1. The zero-order valence-electron chi connectivity index (χ0n) is 30.2. The van der Waals surface area contributed by atoms with Crippen LogP contribution in [-0.2, 0) is 18.3 Å². The number of nitrogens with one attached hydrogen (secondary N) is 1. The highest BCUT2D eigenvalue weighted by Crippen LogP contribution is 2.70. The Bertz CT molecular complexity index is 1420. The van der Waals surface area contributed by atoms with Crippen molar-refractivity contribution in [2.75, 3.05) is 19.4 Å². The van der Waals surface area contributed by atoms with E-state index in [2.05, 4.69) is 19.2 Å². The smallest absolute Gasteiger partial charge is 0.410 e. The van der Waals surface area contributed by atoms with Gasteiger partial charge < -0.3 is 33.5 Å². The van der Waals surface area contributed by atoms with Crippen LogP contribution >= 0.6 is 7.60 Å². The third-order valence-electron chi connectivity index (χ3n) is 13.3. The molecule has 0 radical (unpaired) electrons. The molecule has 1 aliphatic heterocycles. The number of ether oxygens (including phenoxy) is 1. The largest absolute Gasteiger partial charge is 0.446 e. The Hall–Kier alpha value is -1.78. The van der Waals surface area contributed by atoms with Gasteiger partial charge in [0.1, 0.15) is 12.3 Å². The highest BCUT2D eigenvalue weighted by Gasteiger charge is 2.67. The Labute approximate surface area is 290 Å². The van der Waals surface area contributed by atoms with Gasteiger partial charge in [0.15, 0.2) is 0 Å². The number of halogens is 1.